The van der Waals surface area contributed by atoms with Crippen LogP contribution in [0.3, 0.4) is 0 Å². The Kier molecular flexibility index (Phi) is 5.39. The van der Waals surface area contributed by atoms with E-state index >= 15 is 0 Å². The molecule has 0 saturated carbocycles. The maximum atomic E-state index is 12.1. The minimum Gasteiger partial charge on any atom is -0.508 e. The average molecular weight is 372 g/mol. The molecule has 116 valence electrons. The molecule has 3 N–H and O–H groups in total. The van der Waals surface area contributed by atoms with Crippen LogP contribution >= 0.6 is 15.9 Å². The van der Waals surface area contributed by atoms with Gasteiger partial charge >= 0.3 is 0 Å². The van der Waals surface area contributed by atoms with Gasteiger partial charge in [-0.05, 0) is 64.8 Å². The van der Waals surface area contributed by atoms with Crippen LogP contribution in [0.2, 0.25) is 0 Å². The first kappa shape index (κ1) is 16.6. The molecule has 1 amide bonds. The molecule has 0 aliphatic heterocycles. The first-order valence-corrected chi connectivity index (χ1v) is 7.52. The Morgan fingerprint density at radius 3 is 2.57 bits per heavy atom. The second-order valence-electron chi connectivity index (χ2n) is 4.80. The summed E-state index contributed by atoms with van der Waals surface area (Å²) in [5, 5.41) is 23.9. The third-order valence-corrected chi connectivity index (χ3v) is 3.64. The van der Waals surface area contributed by atoms with Gasteiger partial charge < -0.3 is 15.7 Å². The zero-order valence-electron chi connectivity index (χ0n) is 12.3. The maximum Gasteiger partial charge on any atom is 0.267 e. The largest absolute Gasteiger partial charge is 0.508 e. The summed E-state index contributed by atoms with van der Waals surface area (Å²) in [5.74, 6) is -0.432. The Bertz CT molecular complexity index is 792. The number of hydrogen-bond acceptors (Lipinski definition) is 4. The minimum atomic E-state index is -0.533. The van der Waals surface area contributed by atoms with Gasteiger partial charge in [0, 0.05) is 16.4 Å². The molecule has 2 aromatic carbocycles. The Balaban J connectivity index is 2.10. The summed E-state index contributed by atoms with van der Waals surface area (Å²) < 4.78 is 0.838. The summed E-state index contributed by atoms with van der Waals surface area (Å²) in [4.78, 5) is 12.1. The van der Waals surface area contributed by atoms with E-state index in [-0.39, 0.29) is 11.3 Å². The van der Waals surface area contributed by atoms with Gasteiger partial charge in [0.25, 0.3) is 5.91 Å². The van der Waals surface area contributed by atoms with Crippen LogP contribution in [-0.2, 0) is 4.79 Å². The van der Waals surface area contributed by atoms with Crippen molar-refractivity contribution in [1.29, 1.82) is 5.26 Å². The van der Waals surface area contributed by atoms with Gasteiger partial charge in [0.1, 0.15) is 17.4 Å². The zero-order chi connectivity index (χ0) is 16.8. The van der Waals surface area contributed by atoms with E-state index in [1.54, 1.807) is 12.1 Å². The molecule has 0 aliphatic rings. The zero-order valence-corrected chi connectivity index (χ0v) is 13.9. The summed E-state index contributed by atoms with van der Waals surface area (Å²) in [6, 6.07) is 13.6. The summed E-state index contributed by atoms with van der Waals surface area (Å²) in [5.41, 5.74) is 2.27. The highest BCUT2D eigenvalue weighted by atomic mass is 79.9. The maximum absolute atomic E-state index is 12.1. The smallest absolute Gasteiger partial charge is 0.267 e. The standard InChI is InChI=1S/C17H14BrN3O2/c1-11-2-7-16(15(18)8-11)20-10-12(9-19)17(23)21-13-3-5-14(22)6-4-13/h2-8,10,20,22H,1H3,(H,21,23)/b12-10-. The monoisotopic (exact) mass is 371 g/mol. The molecule has 2 rings (SSSR count). The highest BCUT2D eigenvalue weighted by Gasteiger charge is 2.09. The first-order chi connectivity index (χ1) is 11.0. The van der Waals surface area contributed by atoms with Gasteiger partial charge in [0.15, 0.2) is 0 Å². The number of phenolic OH excluding ortho intramolecular Hbond substituents is 1. The van der Waals surface area contributed by atoms with Crippen molar-refractivity contribution in [2.45, 2.75) is 6.92 Å². The van der Waals surface area contributed by atoms with Crippen LogP contribution in [0.5, 0.6) is 5.75 Å². The molecule has 5 nitrogen and oxygen atoms in total. The molecular formula is C17H14BrN3O2. The number of benzene rings is 2. The second-order valence-corrected chi connectivity index (χ2v) is 5.65. The molecule has 23 heavy (non-hydrogen) atoms. The third kappa shape index (κ3) is 4.59. The number of amides is 1. The van der Waals surface area contributed by atoms with E-state index in [9.17, 15) is 9.90 Å². The molecule has 0 heterocycles. The molecule has 0 radical (unpaired) electrons. The van der Waals surface area contributed by atoms with Crippen LogP contribution in [0.25, 0.3) is 0 Å². The summed E-state index contributed by atoms with van der Waals surface area (Å²) in [7, 11) is 0. The molecule has 0 fully saturated rings. The third-order valence-electron chi connectivity index (χ3n) is 2.99. The minimum absolute atomic E-state index is 0.0643. The fraction of sp³-hybridized carbons (Fsp3) is 0.0588. The van der Waals surface area contributed by atoms with Gasteiger partial charge in [-0.15, -0.1) is 0 Å². The number of nitrogens with one attached hydrogen (secondary N) is 2. The van der Waals surface area contributed by atoms with Gasteiger partial charge in [-0.3, -0.25) is 4.79 Å². The van der Waals surface area contributed by atoms with E-state index in [1.165, 1.54) is 18.3 Å². The topological polar surface area (TPSA) is 85.2 Å². The molecule has 0 aliphatic carbocycles. The lowest BCUT2D eigenvalue weighted by atomic mass is 10.2. The van der Waals surface area contributed by atoms with E-state index in [4.69, 9.17) is 5.26 Å². The summed E-state index contributed by atoms with van der Waals surface area (Å²) in [6.07, 6.45) is 1.35. The number of anilines is 2. The number of hydrogen-bond donors (Lipinski definition) is 3. The van der Waals surface area contributed by atoms with Crippen molar-refractivity contribution in [3.63, 3.8) is 0 Å². The molecule has 0 aromatic heterocycles. The van der Waals surface area contributed by atoms with Gasteiger partial charge in [0.05, 0.1) is 5.69 Å². The van der Waals surface area contributed by atoms with E-state index in [0.29, 0.717) is 5.69 Å². The van der Waals surface area contributed by atoms with Crippen LogP contribution in [0.15, 0.2) is 58.7 Å². The van der Waals surface area contributed by atoms with E-state index in [2.05, 4.69) is 26.6 Å². The SMILES string of the molecule is Cc1ccc(N/C=C(/C#N)C(=O)Nc2ccc(O)cc2)c(Br)c1. The molecule has 0 saturated heterocycles. The number of aryl methyl sites for hydroxylation is 1. The van der Waals surface area contributed by atoms with Crippen LogP contribution in [0.1, 0.15) is 5.56 Å². The van der Waals surface area contributed by atoms with Crippen LogP contribution in [0, 0.1) is 18.3 Å². The van der Waals surface area contributed by atoms with Crippen molar-refractivity contribution < 1.29 is 9.90 Å². The summed E-state index contributed by atoms with van der Waals surface area (Å²) >= 11 is 3.42. The van der Waals surface area contributed by atoms with Crippen molar-refractivity contribution in [2.75, 3.05) is 10.6 Å². The number of nitrogens with zero attached hydrogens (tertiary/aromatic N) is 1. The normalized spacial score (nSPS) is 10.7. The molecule has 0 unspecified atom stereocenters. The molecule has 0 atom stereocenters. The Morgan fingerprint density at radius 1 is 1.26 bits per heavy atom. The average Bonchev–Trinajstić information content (AvgIpc) is 2.52. The first-order valence-electron chi connectivity index (χ1n) is 6.73. The number of nitriles is 1. The Labute approximate surface area is 142 Å². The second kappa shape index (κ2) is 7.47. The van der Waals surface area contributed by atoms with Gasteiger partial charge in [-0.1, -0.05) is 6.07 Å². The lowest BCUT2D eigenvalue weighted by Gasteiger charge is -2.07. The Morgan fingerprint density at radius 2 is 1.96 bits per heavy atom. The molecule has 0 spiro atoms. The molecular weight excluding hydrogens is 358 g/mol. The van der Waals surface area contributed by atoms with Crippen LogP contribution in [-0.4, -0.2) is 11.0 Å². The Hall–Kier alpha value is -2.78. The predicted molar refractivity (Wildman–Crippen MR) is 92.9 cm³/mol. The fourth-order valence-electron chi connectivity index (χ4n) is 1.78. The van der Waals surface area contributed by atoms with Gasteiger partial charge in [-0.2, -0.15) is 5.26 Å². The lowest BCUT2D eigenvalue weighted by Crippen LogP contribution is -2.14. The predicted octanol–water partition coefficient (Wildman–Crippen LogP) is 3.92. The van der Waals surface area contributed by atoms with Crippen LogP contribution in [0.4, 0.5) is 11.4 Å². The van der Waals surface area contributed by atoms with Crippen molar-refractivity contribution >= 4 is 33.2 Å². The van der Waals surface area contributed by atoms with E-state index in [0.717, 1.165) is 15.7 Å². The van der Waals surface area contributed by atoms with Gasteiger partial charge in [0.2, 0.25) is 0 Å². The number of halogens is 1. The number of aromatic hydroxyl groups is 1. The molecule has 0 bridgehead atoms. The van der Waals surface area contributed by atoms with Crippen molar-refractivity contribution in [3.05, 3.63) is 64.3 Å². The van der Waals surface area contributed by atoms with Crippen molar-refractivity contribution in [3.8, 4) is 11.8 Å². The number of carbonyl (C=O) groups excluding carboxylic acids is 1. The highest BCUT2D eigenvalue weighted by Crippen LogP contribution is 2.23. The van der Waals surface area contributed by atoms with Crippen molar-refractivity contribution in [1.82, 2.24) is 0 Å². The molecule has 6 heteroatoms. The van der Waals surface area contributed by atoms with E-state index < -0.39 is 5.91 Å². The number of phenols is 1. The molecule has 2 aromatic rings. The number of rotatable bonds is 4. The van der Waals surface area contributed by atoms with Gasteiger partial charge in [-0.25, -0.2) is 0 Å². The van der Waals surface area contributed by atoms with Crippen LogP contribution < -0.4 is 10.6 Å². The fourth-order valence-corrected chi connectivity index (χ4v) is 2.39. The number of carbonyl (C=O) groups is 1. The highest BCUT2D eigenvalue weighted by molar-refractivity contribution is 9.10. The van der Waals surface area contributed by atoms with Crippen molar-refractivity contribution in [2.24, 2.45) is 0 Å². The quantitative estimate of drug-likeness (QED) is 0.431. The van der Waals surface area contributed by atoms with E-state index in [1.807, 2.05) is 31.2 Å². The lowest BCUT2D eigenvalue weighted by molar-refractivity contribution is -0.112. The summed E-state index contributed by atoms with van der Waals surface area (Å²) in [6.45, 7) is 1.97.